The Balaban J connectivity index is 2.54. The second kappa shape index (κ2) is 5.61. The fourth-order valence-corrected chi connectivity index (χ4v) is 1.35. The van der Waals surface area contributed by atoms with Crippen molar-refractivity contribution >= 4 is 5.91 Å². The van der Waals surface area contributed by atoms with Crippen LogP contribution in [0, 0.1) is 0 Å². The van der Waals surface area contributed by atoms with E-state index in [2.05, 4.69) is 10.3 Å². The fourth-order valence-electron chi connectivity index (χ4n) is 1.35. The Hall–Kier alpha value is -1.42. The average molecular weight is 222 g/mol. The van der Waals surface area contributed by atoms with Gasteiger partial charge in [-0.3, -0.25) is 9.78 Å². The number of hydrogen-bond donors (Lipinski definition) is 2. The molecule has 0 saturated carbocycles. The minimum atomic E-state index is -0.803. The number of carbonyl (C=O) groups is 1. The van der Waals surface area contributed by atoms with Crippen LogP contribution in [0.25, 0.3) is 0 Å². The minimum absolute atomic E-state index is 0.178. The largest absolute Gasteiger partial charge is 0.388 e. The maximum absolute atomic E-state index is 11.7. The second-order valence-corrected chi connectivity index (χ2v) is 3.85. The third-order valence-electron chi connectivity index (χ3n) is 2.84. The molecule has 0 unspecified atom stereocenters. The van der Waals surface area contributed by atoms with Crippen LogP contribution in [-0.4, -0.2) is 28.1 Å². The van der Waals surface area contributed by atoms with Crippen molar-refractivity contribution in [2.45, 2.75) is 32.3 Å². The maximum atomic E-state index is 11.7. The SMILES string of the molecule is CCC(O)(CC)CNC(=O)c1ccncc1. The summed E-state index contributed by atoms with van der Waals surface area (Å²) in [4.78, 5) is 15.5. The van der Waals surface area contributed by atoms with Crippen LogP contribution in [0.1, 0.15) is 37.0 Å². The Labute approximate surface area is 95.7 Å². The highest BCUT2D eigenvalue weighted by Gasteiger charge is 2.22. The molecule has 0 radical (unpaired) electrons. The molecule has 0 atom stereocenters. The van der Waals surface area contributed by atoms with Gasteiger partial charge in [0.25, 0.3) is 5.91 Å². The molecular formula is C12H18N2O2. The lowest BCUT2D eigenvalue weighted by Gasteiger charge is -2.25. The zero-order valence-electron chi connectivity index (χ0n) is 9.73. The van der Waals surface area contributed by atoms with Gasteiger partial charge in [-0.2, -0.15) is 0 Å². The molecule has 1 amide bonds. The highest BCUT2D eigenvalue weighted by Crippen LogP contribution is 2.13. The molecule has 0 aromatic carbocycles. The van der Waals surface area contributed by atoms with E-state index < -0.39 is 5.60 Å². The number of amides is 1. The van der Waals surface area contributed by atoms with Crippen LogP contribution < -0.4 is 5.32 Å². The van der Waals surface area contributed by atoms with E-state index in [-0.39, 0.29) is 12.5 Å². The summed E-state index contributed by atoms with van der Waals surface area (Å²) in [6.07, 6.45) is 4.39. The summed E-state index contributed by atoms with van der Waals surface area (Å²) < 4.78 is 0. The molecule has 0 aliphatic rings. The molecule has 4 heteroatoms. The number of rotatable bonds is 5. The fraction of sp³-hybridized carbons (Fsp3) is 0.500. The van der Waals surface area contributed by atoms with Gasteiger partial charge < -0.3 is 10.4 Å². The molecule has 0 fully saturated rings. The van der Waals surface area contributed by atoms with Gasteiger partial charge >= 0.3 is 0 Å². The highest BCUT2D eigenvalue weighted by atomic mass is 16.3. The van der Waals surface area contributed by atoms with Crippen molar-refractivity contribution in [3.63, 3.8) is 0 Å². The summed E-state index contributed by atoms with van der Waals surface area (Å²) in [6, 6.07) is 3.29. The zero-order chi connectivity index (χ0) is 12.0. The molecule has 0 spiro atoms. The van der Waals surface area contributed by atoms with Crippen molar-refractivity contribution in [1.82, 2.24) is 10.3 Å². The molecule has 0 saturated heterocycles. The van der Waals surface area contributed by atoms with E-state index in [4.69, 9.17) is 0 Å². The first-order valence-electron chi connectivity index (χ1n) is 5.52. The molecule has 0 aliphatic carbocycles. The van der Waals surface area contributed by atoms with Gasteiger partial charge in [0.05, 0.1) is 5.60 Å². The third kappa shape index (κ3) is 3.31. The first-order chi connectivity index (χ1) is 7.61. The molecule has 1 heterocycles. The van der Waals surface area contributed by atoms with Crippen LogP contribution in [0.3, 0.4) is 0 Å². The van der Waals surface area contributed by atoms with Crippen LogP contribution in [-0.2, 0) is 0 Å². The van der Waals surface area contributed by atoms with E-state index in [9.17, 15) is 9.90 Å². The molecule has 0 aliphatic heterocycles. The molecule has 1 aromatic rings. The predicted octanol–water partition coefficient (Wildman–Crippen LogP) is 1.36. The van der Waals surface area contributed by atoms with Crippen molar-refractivity contribution in [3.05, 3.63) is 30.1 Å². The van der Waals surface area contributed by atoms with Gasteiger partial charge in [0.1, 0.15) is 0 Å². The first-order valence-corrected chi connectivity index (χ1v) is 5.52. The van der Waals surface area contributed by atoms with E-state index >= 15 is 0 Å². The monoisotopic (exact) mass is 222 g/mol. The Kier molecular flexibility index (Phi) is 4.43. The lowest BCUT2D eigenvalue weighted by atomic mass is 9.97. The minimum Gasteiger partial charge on any atom is -0.388 e. The highest BCUT2D eigenvalue weighted by molar-refractivity contribution is 5.93. The zero-order valence-corrected chi connectivity index (χ0v) is 9.73. The lowest BCUT2D eigenvalue weighted by molar-refractivity contribution is 0.0314. The summed E-state index contributed by atoms with van der Waals surface area (Å²) in [7, 11) is 0. The average Bonchev–Trinajstić information content (AvgIpc) is 2.36. The van der Waals surface area contributed by atoms with Crippen LogP contribution in [0.4, 0.5) is 0 Å². The number of hydrogen-bond acceptors (Lipinski definition) is 3. The van der Waals surface area contributed by atoms with E-state index in [1.807, 2.05) is 13.8 Å². The number of aliphatic hydroxyl groups is 1. The van der Waals surface area contributed by atoms with Gasteiger partial charge in [0.2, 0.25) is 0 Å². The Morgan fingerprint density at radius 2 is 1.94 bits per heavy atom. The maximum Gasteiger partial charge on any atom is 0.251 e. The molecule has 2 N–H and O–H groups in total. The van der Waals surface area contributed by atoms with Crippen LogP contribution in [0.5, 0.6) is 0 Å². The topological polar surface area (TPSA) is 62.2 Å². The van der Waals surface area contributed by atoms with Gasteiger partial charge in [-0.25, -0.2) is 0 Å². The quantitative estimate of drug-likeness (QED) is 0.790. The number of aromatic nitrogens is 1. The van der Waals surface area contributed by atoms with Crippen molar-refractivity contribution in [3.8, 4) is 0 Å². The third-order valence-corrected chi connectivity index (χ3v) is 2.84. The van der Waals surface area contributed by atoms with E-state index in [0.717, 1.165) is 0 Å². The molecule has 16 heavy (non-hydrogen) atoms. The predicted molar refractivity (Wildman–Crippen MR) is 62.1 cm³/mol. The van der Waals surface area contributed by atoms with E-state index in [0.29, 0.717) is 18.4 Å². The standard InChI is InChI=1S/C12H18N2O2/c1-3-12(16,4-2)9-14-11(15)10-5-7-13-8-6-10/h5-8,16H,3-4,9H2,1-2H3,(H,14,15). The van der Waals surface area contributed by atoms with Crippen molar-refractivity contribution in [2.75, 3.05) is 6.54 Å². The van der Waals surface area contributed by atoms with Crippen molar-refractivity contribution in [1.29, 1.82) is 0 Å². The van der Waals surface area contributed by atoms with Crippen LogP contribution in [0.15, 0.2) is 24.5 Å². The van der Waals surface area contributed by atoms with Gasteiger partial charge in [-0.15, -0.1) is 0 Å². The number of nitrogens with one attached hydrogen (secondary N) is 1. The van der Waals surface area contributed by atoms with Gasteiger partial charge in [-0.05, 0) is 25.0 Å². The van der Waals surface area contributed by atoms with Gasteiger partial charge in [0.15, 0.2) is 0 Å². The molecule has 1 aromatic heterocycles. The molecule has 88 valence electrons. The normalized spacial score (nSPS) is 11.2. The molecular weight excluding hydrogens is 204 g/mol. The van der Waals surface area contributed by atoms with Crippen molar-refractivity contribution in [2.24, 2.45) is 0 Å². The number of pyridine rings is 1. The van der Waals surface area contributed by atoms with E-state index in [1.54, 1.807) is 24.5 Å². The summed E-state index contributed by atoms with van der Waals surface area (Å²) in [5, 5.41) is 12.7. The second-order valence-electron chi connectivity index (χ2n) is 3.85. The van der Waals surface area contributed by atoms with Crippen LogP contribution >= 0.6 is 0 Å². The first kappa shape index (κ1) is 12.6. The molecule has 4 nitrogen and oxygen atoms in total. The molecule has 1 rings (SSSR count). The lowest BCUT2D eigenvalue weighted by Crippen LogP contribution is -2.42. The smallest absolute Gasteiger partial charge is 0.251 e. The molecule has 0 bridgehead atoms. The Morgan fingerprint density at radius 1 is 1.38 bits per heavy atom. The Bertz CT molecular complexity index is 334. The summed E-state index contributed by atoms with van der Waals surface area (Å²) in [6.45, 7) is 4.09. The summed E-state index contributed by atoms with van der Waals surface area (Å²) in [5.41, 5.74) is -0.243. The van der Waals surface area contributed by atoms with Gasteiger partial charge in [0, 0.05) is 24.5 Å². The van der Waals surface area contributed by atoms with E-state index in [1.165, 1.54) is 0 Å². The van der Waals surface area contributed by atoms with Gasteiger partial charge in [-0.1, -0.05) is 13.8 Å². The van der Waals surface area contributed by atoms with Crippen molar-refractivity contribution < 1.29 is 9.90 Å². The summed E-state index contributed by atoms with van der Waals surface area (Å²) >= 11 is 0. The number of nitrogens with zero attached hydrogens (tertiary/aromatic N) is 1. The summed E-state index contributed by atoms with van der Waals surface area (Å²) in [5.74, 6) is -0.178. The Morgan fingerprint density at radius 3 is 2.44 bits per heavy atom. The van der Waals surface area contributed by atoms with Crippen LogP contribution in [0.2, 0.25) is 0 Å². The number of carbonyl (C=O) groups excluding carboxylic acids is 1.